The molecule has 2 fully saturated rings. The molecule has 3 amide bonds. The summed E-state index contributed by atoms with van der Waals surface area (Å²) in [6.45, 7) is 5.34. The van der Waals surface area contributed by atoms with E-state index in [1.54, 1.807) is 17.2 Å². The zero-order valence-corrected chi connectivity index (χ0v) is 22.6. The molecular weight excluding hydrogens is 500 g/mol. The summed E-state index contributed by atoms with van der Waals surface area (Å²) in [7, 11) is 0. The van der Waals surface area contributed by atoms with Gasteiger partial charge in [-0.15, -0.1) is 0 Å². The van der Waals surface area contributed by atoms with Crippen molar-refractivity contribution in [3.8, 4) is 5.69 Å². The summed E-state index contributed by atoms with van der Waals surface area (Å²) in [5.74, 6) is -0.200. The lowest BCUT2D eigenvalue weighted by Crippen LogP contribution is -2.60. The van der Waals surface area contributed by atoms with E-state index >= 15 is 0 Å². The lowest BCUT2D eigenvalue weighted by Gasteiger charge is -2.37. The summed E-state index contributed by atoms with van der Waals surface area (Å²) in [5.41, 5.74) is 12.0. The first kappa shape index (κ1) is 28.7. The fourth-order valence-corrected chi connectivity index (χ4v) is 4.91. The molecule has 2 aliphatic heterocycles. The highest BCUT2D eigenvalue weighted by atomic mass is 16.3. The van der Waals surface area contributed by atoms with E-state index in [9.17, 15) is 19.5 Å². The summed E-state index contributed by atoms with van der Waals surface area (Å²) in [4.78, 5) is 47.4. The number of rotatable bonds is 7. The van der Waals surface area contributed by atoms with Crippen LogP contribution in [-0.2, 0) is 11.2 Å². The Hall–Kier alpha value is -3.32. The molecule has 0 spiro atoms. The van der Waals surface area contributed by atoms with Crippen molar-refractivity contribution >= 4 is 17.8 Å². The van der Waals surface area contributed by atoms with Gasteiger partial charge in [-0.05, 0) is 69.5 Å². The molecule has 0 aliphatic carbocycles. The van der Waals surface area contributed by atoms with Crippen molar-refractivity contribution in [3.05, 3.63) is 52.6 Å². The second-order valence-corrected chi connectivity index (χ2v) is 10.7. The predicted octanol–water partition coefficient (Wildman–Crippen LogP) is -0.0260. The lowest BCUT2D eigenvalue weighted by atomic mass is 10.0. The van der Waals surface area contributed by atoms with Crippen molar-refractivity contribution in [1.82, 2.24) is 24.3 Å². The lowest BCUT2D eigenvalue weighted by molar-refractivity contribution is -0.139. The molecule has 1 aromatic heterocycles. The van der Waals surface area contributed by atoms with E-state index in [1.165, 1.54) is 22.0 Å². The van der Waals surface area contributed by atoms with E-state index in [0.717, 1.165) is 45.3 Å². The molecule has 0 bridgehead atoms. The first-order valence-corrected chi connectivity index (χ1v) is 13.6. The van der Waals surface area contributed by atoms with Crippen LogP contribution >= 0.6 is 0 Å². The SMILES string of the molecule is C[C@](N)(CO)C(=O)N1CCN(C(=O)Nc2ccn(-c3ccc(CCN4CCCC(N)CC4)cc3)c(=O)n2)CC1. The smallest absolute Gasteiger partial charge is 0.354 e. The molecule has 39 heavy (non-hydrogen) atoms. The number of aliphatic hydroxyl groups excluding tert-OH is 1. The number of aliphatic hydroxyl groups is 1. The minimum atomic E-state index is -1.35. The van der Waals surface area contributed by atoms with Gasteiger partial charge in [-0.25, -0.2) is 9.59 Å². The minimum absolute atomic E-state index is 0.156. The standard InChI is InChI=1S/C27H40N8O4/c1-27(29,19-36)24(37)33-15-17-34(18-16-33)25(38)30-23-10-14-35(26(39)31-23)22-6-4-20(5-7-22)8-12-32-11-2-3-21(28)9-13-32/h4-7,10,14,21,36H,2-3,8-9,11-13,15-19,28-29H2,1H3,(H,30,31,38,39)/t21?,27-/m0/s1. The number of carbonyl (C=O) groups excluding carboxylic acids is 2. The van der Waals surface area contributed by atoms with Crippen molar-refractivity contribution in [3.63, 3.8) is 0 Å². The zero-order chi connectivity index (χ0) is 28.0. The van der Waals surface area contributed by atoms with Gasteiger partial charge in [0.1, 0.15) is 11.4 Å². The van der Waals surface area contributed by atoms with Crippen molar-refractivity contribution in [2.24, 2.45) is 11.5 Å². The molecule has 2 saturated heterocycles. The summed E-state index contributed by atoms with van der Waals surface area (Å²) in [6.07, 6.45) is 5.81. The van der Waals surface area contributed by atoms with Gasteiger partial charge in [-0.2, -0.15) is 4.98 Å². The molecule has 12 heteroatoms. The number of nitrogens with two attached hydrogens (primary N) is 2. The Labute approximate surface area is 228 Å². The number of piperazine rings is 1. The first-order chi connectivity index (χ1) is 18.7. The maximum atomic E-state index is 12.7. The molecule has 1 unspecified atom stereocenters. The molecule has 12 nitrogen and oxygen atoms in total. The van der Waals surface area contributed by atoms with E-state index in [-0.39, 0.29) is 11.7 Å². The number of carbonyl (C=O) groups is 2. The normalized spacial score (nSPS) is 20.3. The molecule has 4 rings (SSSR count). The average molecular weight is 541 g/mol. The number of nitrogens with zero attached hydrogens (tertiary/aromatic N) is 5. The third kappa shape index (κ3) is 7.41. The van der Waals surface area contributed by atoms with Crippen LogP contribution < -0.4 is 22.5 Å². The summed E-state index contributed by atoms with van der Waals surface area (Å²) in [5, 5.41) is 12.0. The van der Waals surface area contributed by atoms with Crippen LogP contribution in [0.2, 0.25) is 0 Å². The van der Waals surface area contributed by atoms with Crippen molar-refractivity contribution in [2.45, 2.75) is 44.2 Å². The Kier molecular flexibility index (Phi) is 9.33. The van der Waals surface area contributed by atoms with E-state index in [2.05, 4.69) is 15.2 Å². The largest absolute Gasteiger partial charge is 0.394 e. The minimum Gasteiger partial charge on any atom is -0.394 e. The Morgan fingerprint density at radius 3 is 2.41 bits per heavy atom. The molecule has 212 valence electrons. The van der Waals surface area contributed by atoms with Crippen LogP contribution in [-0.4, -0.2) is 105 Å². The molecule has 2 aliphatic rings. The Morgan fingerprint density at radius 2 is 1.74 bits per heavy atom. The average Bonchev–Trinajstić information content (AvgIpc) is 3.15. The highest BCUT2D eigenvalue weighted by molar-refractivity contribution is 5.89. The number of benzene rings is 1. The Morgan fingerprint density at radius 1 is 1.05 bits per heavy atom. The van der Waals surface area contributed by atoms with E-state index in [0.29, 0.717) is 37.9 Å². The van der Waals surface area contributed by atoms with Crippen LogP contribution in [0.25, 0.3) is 5.69 Å². The van der Waals surface area contributed by atoms with Gasteiger partial charge in [0, 0.05) is 45.0 Å². The molecule has 2 aromatic rings. The topological polar surface area (TPSA) is 163 Å². The molecule has 0 radical (unpaired) electrons. The summed E-state index contributed by atoms with van der Waals surface area (Å²) in [6, 6.07) is 9.35. The van der Waals surface area contributed by atoms with Crippen LogP contribution in [0.4, 0.5) is 10.6 Å². The predicted molar refractivity (Wildman–Crippen MR) is 149 cm³/mol. The third-order valence-electron chi connectivity index (χ3n) is 7.51. The number of hydrogen-bond donors (Lipinski definition) is 4. The first-order valence-electron chi connectivity index (χ1n) is 13.6. The molecule has 3 heterocycles. The summed E-state index contributed by atoms with van der Waals surface area (Å²) < 4.78 is 1.44. The second kappa shape index (κ2) is 12.7. The van der Waals surface area contributed by atoms with Crippen LogP contribution in [0, 0.1) is 0 Å². The number of aromatic nitrogens is 2. The fourth-order valence-electron chi connectivity index (χ4n) is 4.91. The quantitative estimate of drug-likeness (QED) is 0.381. The number of likely N-dealkylation sites (tertiary alicyclic amines) is 1. The Bertz CT molecular complexity index is 1190. The van der Waals surface area contributed by atoms with Gasteiger partial charge < -0.3 is 31.3 Å². The summed E-state index contributed by atoms with van der Waals surface area (Å²) >= 11 is 0. The maximum Gasteiger partial charge on any atom is 0.354 e. The molecule has 2 atom stereocenters. The van der Waals surface area contributed by atoms with Crippen LogP contribution in [0.15, 0.2) is 41.3 Å². The number of amides is 3. The number of urea groups is 1. The van der Waals surface area contributed by atoms with Gasteiger partial charge >= 0.3 is 11.7 Å². The maximum absolute atomic E-state index is 12.7. The monoisotopic (exact) mass is 540 g/mol. The number of anilines is 1. The number of nitrogens with one attached hydrogen (secondary N) is 1. The van der Waals surface area contributed by atoms with E-state index in [4.69, 9.17) is 11.5 Å². The van der Waals surface area contributed by atoms with Crippen molar-refractivity contribution in [1.29, 1.82) is 0 Å². The Balaban J connectivity index is 1.29. The number of hydrogen-bond acceptors (Lipinski definition) is 8. The molecule has 6 N–H and O–H groups in total. The zero-order valence-electron chi connectivity index (χ0n) is 22.6. The van der Waals surface area contributed by atoms with Gasteiger partial charge in [0.2, 0.25) is 5.91 Å². The van der Waals surface area contributed by atoms with Crippen LogP contribution in [0.5, 0.6) is 0 Å². The van der Waals surface area contributed by atoms with Gasteiger partial charge in [-0.3, -0.25) is 14.7 Å². The highest BCUT2D eigenvalue weighted by Gasteiger charge is 2.34. The highest BCUT2D eigenvalue weighted by Crippen LogP contribution is 2.14. The van der Waals surface area contributed by atoms with E-state index < -0.39 is 23.9 Å². The van der Waals surface area contributed by atoms with Gasteiger partial charge in [-0.1, -0.05) is 12.1 Å². The van der Waals surface area contributed by atoms with Crippen LogP contribution in [0.1, 0.15) is 31.7 Å². The molecular formula is C27H40N8O4. The molecule has 0 saturated carbocycles. The molecule has 1 aromatic carbocycles. The third-order valence-corrected chi connectivity index (χ3v) is 7.51. The van der Waals surface area contributed by atoms with Gasteiger partial charge in [0.25, 0.3) is 0 Å². The van der Waals surface area contributed by atoms with Crippen LogP contribution in [0.3, 0.4) is 0 Å². The van der Waals surface area contributed by atoms with Crippen molar-refractivity contribution in [2.75, 3.05) is 57.7 Å². The van der Waals surface area contributed by atoms with Crippen molar-refractivity contribution < 1.29 is 14.7 Å². The van der Waals surface area contributed by atoms with E-state index in [1.807, 2.05) is 24.3 Å². The van der Waals surface area contributed by atoms with Gasteiger partial charge in [0.05, 0.1) is 12.3 Å². The fraction of sp³-hybridized carbons (Fsp3) is 0.556. The van der Waals surface area contributed by atoms with Gasteiger partial charge in [0.15, 0.2) is 0 Å². The second-order valence-electron chi connectivity index (χ2n) is 10.7.